The van der Waals surface area contributed by atoms with E-state index in [4.69, 9.17) is 0 Å². The molecule has 2 nitrogen and oxygen atoms in total. The van der Waals surface area contributed by atoms with Gasteiger partial charge in [0.1, 0.15) is 0 Å². The van der Waals surface area contributed by atoms with Gasteiger partial charge in [0.05, 0.1) is 22.9 Å². The summed E-state index contributed by atoms with van der Waals surface area (Å²) in [5, 5.41) is 0. The van der Waals surface area contributed by atoms with Gasteiger partial charge in [-0.3, -0.25) is 4.98 Å². The van der Waals surface area contributed by atoms with Gasteiger partial charge in [0.2, 0.25) is 0 Å². The monoisotopic (exact) mass is 266 g/mol. The third-order valence-corrected chi connectivity index (χ3v) is 2.52. The average Bonchev–Trinajstić information content (AvgIpc) is 2.59. The highest BCUT2D eigenvalue weighted by Crippen LogP contribution is 2.18. The summed E-state index contributed by atoms with van der Waals surface area (Å²) in [4.78, 5) is 8.98. The Hall–Kier alpha value is -2.22. The van der Waals surface area contributed by atoms with Gasteiger partial charge in [-0.15, -0.1) is 0 Å². The number of fused-ring (bicyclic) bond motifs is 1. The molecule has 20 heavy (non-hydrogen) atoms. The lowest BCUT2D eigenvalue weighted by molar-refractivity contribution is 1.29. The molecule has 0 saturated heterocycles. The van der Waals surface area contributed by atoms with Crippen LogP contribution in [-0.4, -0.2) is 9.97 Å². The van der Waals surface area contributed by atoms with E-state index in [1.807, 2.05) is 88.5 Å². The van der Waals surface area contributed by atoms with Crippen molar-refractivity contribution in [2.45, 2.75) is 27.7 Å². The second-order valence-corrected chi connectivity index (χ2v) is 3.61. The van der Waals surface area contributed by atoms with Gasteiger partial charge in [0, 0.05) is 5.56 Å². The lowest BCUT2D eigenvalue weighted by Gasteiger charge is -2.01. The molecule has 0 unspecified atom stereocenters. The normalized spacial score (nSPS) is 9.00. The lowest BCUT2D eigenvalue weighted by Crippen LogP contribution is -1.87. The Morgan fingerprint density at radius 1 is 0.650 bits per heavy atom. The third kappa shape index (κ3) is 3.89. The van der Waals surface area contributed by atoms with E-state index >= 15 is 0 Å². The van der Waals surface area contributed by atoms with Crippen LogP contribution in [0.4, 0.5) is 0 Å². The SMILES string of the molecule is CC.CC.c1ccc(-c2cnc3ccccc3n2)cc1. The van der Waals surface area contributed by atoms with E-state index in [-0.39, 0.29) is 0 Å². The van der Waals surface area contributed by atoms with Gasteiger partial charge in [-0.2, -0.15) is 0 Å². The van der Waals surface area contributed by atoms with E-state index in [1.165, 1.54) is 0 Å². The van der Waals surface area contributed by atoms with Crippen LogP contribution in [0.15, 0.2) is 60.8 Å². The fourth-order valence-electron chi connectivity index (χ4n) is 1.71. The fourth-order valence-corrected chi connectivity index (χ4v) is 1.71. The molecule has 0 aliphatic heterocycles. The highest BCUT2D eigenvalue weighted by Gasteiger charge is 2.00. The minimum Gasteiger partial charge on any atom is -0.252 e. The Morgan fingerprint density at radius 2 is 1.20 bits per heavy atom. The highest BCUT2D eigenvalue weighted by molar-refractivity contribution is 5.76. The molecule has 0 atom stereocenters. The first-order valence-electron chi connectivity index (χ1n) is 7.21. The smallest absolute Gasteiger partial charge is 0.0894 e. The number of benzene rings is 2. The standard InChI is InChI=1S/C14H10N2.2C2H6/c1-2-6-11(7-3-1)14-10-15-12-8-4-5-9-13(12)16-14;2*1-2/h1-10H;2*1-2H3. The summed E-state index contributed by atoms with van der Waals surface area (Å²) < 4.78 is 0. The number of para-hydroxylation sites is 2. The zero-order valence-corrected chi connectivity index (χ0v) is 12.7. The van der Waals surface area contributed by atoms with Gasteiger partial charge in [-0.1, -0.05) is 70.2 Å². The van der Waals surface area contributed by atoms with Crippen molar-refractivity contribution < 1.29 is 0 Å². The second-order valence-electron chi connectivity index (χ2n) is 3.61. The Balaban J connectivity index is 0.000000461. The molecular weight excluding hydrogens is 244 g/mol. The van der Waals surface area contributed by atoms with Crippen molar-refractivity contribution in [3.05, 3.63) is 60.8 Å². The molecule has 0 aliphatic rings. The summed E-state index contributed by atoms with van der Waals surface area (Å²) in [5.41, 5.74) is 3.88. The van der Waals surface area contributed by atoms with E-state index in [1.54, 1.807) is 0 Å². The van der Waals surface area contributed by atoms with E-state index in [9.17, 15) is 0 Å². The molecule has 0 saturated carbocycles. The maximum Gasteiger partial charge on any atom is 0.0894 e. The maximum absolute atomic E-state index is 4.58. The zero-order valence-electron chi connectivity index (χ0n) is 12.7. The van der Waals surface area contributed by atoms with Crippen molar-refractivity contribution >= 4 is 11.0 Å². The first-order chi connectivity index (χ1) is 9.93. The summed E-state index contributed by atoms with van der Waals surface area (Å²) in [6, 6.07) is 18.0. The number of aromatic nitrogens is 2. The van der Waals surface area contributed by atoms with Crippen LogP contribution < -0.4 is 0 Å². The van der Waals surface area contributed by atoms with Crippen LogP contribution in [0.25, 0.3) is 22.3 Å². The molecule has 104 valence electrons. The second kappa shape index (κ2) is 8.81. The number of hydrogen-bond acceptors (Lipinski definition) is 2. The number of hydrogen-bond donors (Lipinski definition) is 0. The number of rotatable bonds is 1. The van der Waals surface area contributed by atoms with Crippen molar-refractivity contribution in [3.8, 4) is 11.3 Å². The van der Waals surface area contributed by atoms with Crippen LogP contribution in [0.2, 0.25) is 0 Å². The minimum absolute atomic E-state index is 0.916. The molecule has 0 amide bonds. The largest absolute Gasteiger partial charge is 0.252 e. The first-order valence-corrected chi connectivity index (χ1v) is 7.21. The summed E-state index contributed by atoms with van der Waals surface area (Å²) in [6.45, 7) is 8.00. The van der Waals surface area contributed by atoms with Gasteiger partial charge in [-0.25, -0.2) is 4.98 Å². The Labute approximate surface area is 121 Å². The summed E-state index contributed by atoms with van der Waals surface area (Å²) in [7, 11) is 0. The fraction of sp³-hybridized carbons (Fsp3) is 0.222. The predicted octanol–water partition coefficient (Wildman–Crippen LogP) is 5.35. The van der Waals surface area contributed by atoms with E-state index in [0.29, 0.717) is 0 Å². The van der Waals surface area contributed by atoms with Crippen LogP contribution in [0.5, 0.6) is 0 Å². The van der Waals surface area contributed by atoms with Crippen molar-refractivity contribution in [1.82, 2.24) is 9.97 Å². The zero-order chi connectivity index (χ0) is 14.8. The molecule has 0 spiro atoms. The van der Waals surface area contributed by atoms with Crippen LogP contribution in [0.3, 0.4) is 0 Å². The van der Waals surface area contributed by atoms with Crippen molar-refractivity contribution in [2.75, 3.05) is 0 Å². The summed E-state index contributed by atoms with van der Waals surface area (Å²) >= 11 is 0. The molecule has 0 N–H and O–H groups in total. The van der Waals surface area contributed by atoms with Gasteiger partial charge >= 0.3 is 0 Å². The molecule has 2 aromatic carbocycles. The van der Waals surface area contributed by atoms with Crippen LogP contribution in [0.1, 0.15) is 27.7 Å². The maximum atomic E-state index is 4.58. The predicted molar refractivity (Wildman–Crippen MR) is 87.7 cm³/mol. The Bertz CT molecular complexity index is 618. The minimum atomic E-state index is 0.916. The van der Waals surface area contributed by atoms with Crippen LogP contribution >= 0.6 is 0 Å². The number of nitrogens with zero attached hydrogens (tertiary/aromatic N) is 2. The topological polar surface area (TPSA) is 25.8 Å². The van der Waals surface area contributed by atoms with Crippen LogP contribution in [0, 0.1) is 0 Å². The Kier molecular flexibility index (Phi) is 6.97. The van der Waals surface area contributed by atoms with Crippen molar-refractivity contribution in [1.29, 1.82) is 0 Å². The summed E-state index contributed by atoms with van der Waals surface area (Å²) in [6.07, 6.45) is 1.82. The lowest BCUT2D eigenvalue weighted by atomic mass is 10.1. The van der Waals surface area contributed by atoms with Gasteiger partial charge in [0.15, 0.2) is 0 Å². The van der Waals surface area contributed by atoms with Crippen molar-refractivity contribution in [2.24, 2.45) is 0 Å². The molecule has 0 aliphatic carbocycles. The Morgan fingerprint density at radius 3 is 1.85 bits per heavy atom. The van der Waals surface area contributed by atoms with E-state index in [2.05, 4.69) is 9.97 Å². The molecule has 2 heteroatoms. The third-order valence-electron chi connectivity index (χ3n) is 2.52. The highest BCUT2D eigenvalue weighted by atomic mass is 14.8. The van der Waals surface area contributed by atoms with Crippen LogP contribution in [-0.2, 0) is 0 Å². The molecule has 0 fully saturated rings. The molecular formula is C18H22N2. The molecule has 1 aromatic heterocycles. The summed E-state index contributed by atoms with van der Waals surface area (Å²) in [5.74, 6) is 0. The molecule has 1 heterocycles. The molecule has 3 rings (SSSR count). The quantitative estimate of drug-likeness (QED) is 0.593. The molecule has 3 aromatic rings. The van der Waals surface area contributed by atoms with Gasteiger partial charge in [-0.05, 0) is 12.1 Å². The molecule has 0 radical (unpaired) electrons. The molecule has 0 bridgehead atoms. The first kappa shape index (κ1) is 15.8. The van der Waals surface area contributed by atoms with Gasteiger partial charge < -0.3 is 0 Å². The van der Waals surface area contributed by atoms with Crippen molar-refractivity contribution in [3.63, 3.8) is 0 Å². The van der Waals surface area contributed by atoms with E-state index < -0.39 is 0 Å². The average molecular weight is 266 g/mol. The van der Waals surface area contributed by atoms with Gasteiger partial charge in [0.25, 0.3) is 0 Å². The van der Waals surface area contributed by atoms with E-state index in [0.717, 1.165) is 22.3 Å².